The summed E-state index contributed by atoms with van der Waals surface area (Å²) in [6.45, 7) is 7.89. The Labute approximate surface area is 142 Å². The predicted molar refractivity (Wildman–Crippen MR) is 91.6 cm³/mol. The van der Waals surface area contributed by atoms with Gasteiger partial charge in [-0.1, -0.05) is 26.5 Å². The van der Waals surface area contributed by atoms with Gasteiger partial charge in [0.25, 0.3) is 5.91 Å². The van der Waals surface area contributed by atoms with E-state index in [4.69, 9.17) is 9.47 Å². The molecule has 0 saturated heterocycles. The number of methoxy groups -OCH3 is 1. The Hall–Kier alpha value is -2.50. The minimum absolute atomic E-state index is 0.0867. The average Bonchev–Trinajstić information content (AvgIpc) is 2.55. The van der Waals surface area contributed by atoms with Crippen molar-refractivity contribution in [2.24, 2.45) is 11.8 Å². The summed E-state index contributed by atoms with van der Waals surface area (Å²) >= 11 is 0. The number of hydrogen-bond acceptors (Lipinski definition) is 4. The molecule has 0 heterocycles. The van der Waals surface area contributed by atoms with Crippen molar-refractivity contribution in [3.05, 3.63) is 36.4 Å². The third kappa shape index (κ3) is 5.95. The molecule has 1 unspecified atom stereocenters. The number of carbonyl (C=O) groups excluding carboxylic acids is 1. The lowest BCUT2D eigenvalue weighted by molar-refractivity contribution is -0.142. The number of benzene rings is 1. The molecule has 0 aliphatic carbocycles. The Balaban J connectivity index is 2.76. The average molecular weight is 335 g/mol. The van der Waals surface area contributed by atoms with Crippen molar-refractivity contribution < 1.29 is 24.2 Å². The van der Waals surface area contributed by atoms with Gasteiger partial charge in [-0.15, -0.1) is 0 Å². The van der Waals surface area contributed by atoms with E-state index in [0.717, 1.165) is 0 Å². The molecule has 1 rings (SSSR count). The molecule has 1 atom stereocenters. The SMILES string of the molecule is C=CCOc1ccc(C(=O)NCC(CC(C)C)C(=O)O)cc1OC. The van der Waals surface area contributed by atoms with E-state index < -0.39 is 11.9 Å². The fourth-order valence-electron chi connectivity index (χ4n) is 2.24. The normalized spacial score (nSPS) is 11.7. The van der Waals surface area contributed by atoms with Gasteiger partial charge in [-0.2, -0.15) is 0 Å². The Morgan fingerprint density at radius 2 is 2.04 bits per heavy atom. The molecule has 0 fully saturated rings. The van der Waals surface area contributed by atoms with E-state index in [-0.39, 0.29) is 18.4 Å². The van der Waals surface area contributed by atoms with Gasteiger partial charge in [-0.25, -0.2) is 0 Å². The van der Waals surface area contributed by atoms with E-state index in [1.54, 1.807) is 24.3 Å². The number of rotatable bonds is 10. The fraction of sp³-hybridized carbons (Fsp3) is 0.444. The molecule has 0 aliphatic rings. The van der Waals surface area contributed by atoms with E-state index in [0.29, 0.717) is 30.1 Å². The quantitative estimate of drug-likeness (QED) is 0.642. The molecule has 6 heteroatoms. The summed E-state index contributed by atoms with van der Waals surface area (Å²) in [5.41, 5.74) is 0.381. The summed E-state index contributed by atoms with van der Waals surface area (Å²) in [4.78, 5) is 23.5. The van der Waals surface area contributed by atoms with Crippen molar-refractivity contribution in [2.45, 2.75) is 20.3 Å². The largest absolute Gasteiger partial charge is 0.493 e. The van der Waals surface area contributed by atoms with Crippen LogP contribution >= 0.6 is 0 Å². The Bertz CT molecular complexity index is 583. The minimum Gasteiger partial charge on any atom is -0.493 e. The van der Waals surface area contributed by atoms with E-state index in [1.807, 2.05) is 13.8 Å². The van der Waals surface area contributed by atoms with Gasteiger partial charge >= 0.3 is 5.97 Å². The molecule has 1 aromatic rings. The number of amides is 1. The minimum atomic E-state index is -0.908. The Morgan fingerprint density at radius 3 is 2.58 bits per heavy atom. The molecule has 0 aliphatic heterocycles. The first kappa shape index (κ1) is 19.5. The van der Waals surface area contributed by atoms with Gasteiger partial charge in [0, 0.05) is 12.1 Å². The van der Waals surface area contributed by atoms with Crippen molar-refractivity contribution in [3.8, 4) is 11.5 Å². The zero-order chi connectivity index (χ0) is 18.1. The predicted octanol–water partition coefficient (Wildman–Crippen LogP) is 2.74. The molecule has 6 nitrogen and oxygen atoms in total. The summed E-state index contributed by atoms with van der Waals surface area (Å²) in [5, 5.41) is 11.9. The zero-order valence-corrected chi connectivity index (χ0v) is 14.4. The molecular weight excluding hydrogens is 310 g/mol. The van der Waals surface area contributed by atoms with Gasteiger partial charge in [0.05, 0.1) is 13.0 Å². The van der Waals surface area contributed by atoms with Gasteiger partial charge in [-0.05, 0) is 30.5 Å². The number of ether oxygens (including phenoxy) is 2. The Kier molecular flexibility index (Phi) is 7.82. The first-order valence-corrected chi connectivity index (χ1v) is 7.81. The van der Waals surface area contributed by atoms with Crippen molar-refractivity contribution in [1.82, 2.24) is 5.32 Å². The summed E-state index contributed by atoms with van der Waals surface area (Å²) < 4.78 is 10.6. The number of hydrogen-bond donors (Lipinski definition) is 2. The van der Waals surface area contributed by atoms with Crippen LogP contribution in [-0.4, -0.2) is 37.2 Å². The van der Waals surface area contributed by atoms with Gasteiger partial charge < -0.3 is 19.9 Å². The number of carboxylic acid groups (broad SMARTS) is 1. The summed E-state index contributed by atoms with van der Waals surface area (Å²) in [5.74, 6) is -0.678. The smallest absolute Gasteiger partial charge is 0.308 e. The summed E-state index contributed by atoms with van der Waals surface area (Å²) in [6, 6.07) is 4.81. The number of nitrogens with one attached hydrogen (secondary N) is 1. The lowest BCUT2D eigenvalue weighted by atomic mass is 9.97. The van der Waals surface area contributed by atoms with Crippen LogP contribution in [0, 0.1) is 11.8 Å². The molecule has 1 aromatic carbocycles. The topological polar surface area (TPSA) is 84.9 Å². The van der Waals surface area contributed by atoms with Crippen molar-refractivity contribution in [1.29, 1.82) is 0 Å². The molecule has 1 amide bonds. The first-order chi connectivity index (χ1) is 11.4. The highest BCUT2D eigenvalue weighted by Crippen LogP contribution is 2.28. The van der Waals surface area contributed by atoms with Crippen LogP contribution in [0.15, 0.2) is 30.9 Å². The number of aliphatic carboxylic acids is 1. The lowest BCUT2D eigenvalue weighted by Crippen LogP contribution is -2.33. The molecule has 0 saturated carbocycles. The maximum atomic E-state index is 12.2. The fourth-order valence-corrected chi connectivity index (χ4v) is 2.24. The van der Waals surface area contributed by atoms with E-state index in [2.05, 4.69) is 11.9 Å². The van der Waals surface area contributed by atoms with Crippen LogP contribution in [0.2, 0.25) is 0 Å². The van der Waals surface area contributed by atoms with Crippen molar-refractivity contribution in [2.75, 3.05) is 20.3 Å². The molecule has 24 heavy (non-hydrogen) atoms. The van der Waals surface area contributed by atoms with Crippen molar-refractivity contribution in [3.63, 3.8) is 0 Å². The standard InChI is InChI=1S/C18H25NO5/c1-5-8-24-15-7-6-13(10-16(15)23-4)17(20)19-11-14(18(21)22)9-12(2)3/h5-7,10,12,14H,1,8-9,11H2,2-4H3,(H,19,20)(H,21,22). The second-order valence-electron chi connectivity index (χ2n) is 5.84. The Morgan fingerprint density at radius 1 is 1.33 bits per heavy atom. The molecule has 132 valence electrons. The maximum Gasteiger partial charge on any atom is 0.308 e. The lowest BCUT2D eigenvalue weighted by Gasteiger charge is -2.16. The molecule has 0 aromatic heterocycles. The monoisotopic (exact) mass is 335 g/mol. The highest BCUT2D eigenvalue weighted by Gasteiger charge is 2.20. The van der Waals surface area contributed by atoms with Crippen LogP contribution in [0.4, 0.5) is 0 Å². The summed E-state index contributed by atoms with van der Waals surface area (Å²) in [7, 11) is 1.49. The zero-order valence-electron chi connectivity index (χ0n) is 14.4. The van der Waals surface area contributed by atoms with Crippen LogP contribution in [0.3, 0.4) is 0 Å². The van der Waals surface area contributed by atoms with Crippen LogP contribution in [-0.2, 0) is 4.79 Å². The maximum absolute atomic E-state index is 12.2. The molecular formula is C18H25NO5. The third-order valence-electron chi connectivity index (χ3n) is 3.40. The molecule has 2 N–H and O–H groups in total. The van der Waals surface area contributed by atoms with Gasteiger partial charge in [0.15, 0.2) is 11.5 Å². The van der Waals surface area contributed by atoms with Gasteiger partial charge in [-0.3, -0.25) is 9.59 Å². The van der Waals surface area contributed by atoms with Crippen LogP contribution in [0.5, 0.6) is 11.5 Å². The van der Waals surface area contributed by atoms with Crippen molar-refractivity contribution >= 4 is 11.9 Å². The first-order valence-electron chi connectivity index (χ1n) is 7.81. The number of carbonyl (C=O) groups is 2. The van der Waals surface area contributed by atoms with Crippen LogP contribution in [0.1, 0.15) is 30.6 Å². The van der Waals surface area contributed by atoms with E-state index in [9.17, 15) is 14.7 Å². The molecule has 0 bridgehead atoms. The highest BCUT2D eigenvalue weighted by atomic mass is 16.5. The second kappa shape index (κ2) is 9.60. The number of carboxylic acids is 1. The molecule has 0 radical (unpaired) electrons. The highest BCUT2D eigenvalue weighted by molar-refractivity contribution is 5.95. The summed E-state index contributed by atoms with van der Waals surface area (Å²) in [6.07, 6.45) is 2.12. The van der Waals surface area contributed by atoms with Crippen LogP contribution in [0.25, 0.3) is 0 Å². The van der Waals surface area contributed by atoms with Gasteiger partial charge in [0.2, 0.25) is 0 Å². The van der Waals surface area contributed by atoms with E-state index >= 15 is 0 Å². The third-order valence-corrected chi connectivity index (χ3v) is 3.40. The second-order valence-corrected chi connectivity index (χ2v) is 5.84. The van der Waals surface area contributed by atoms with Crippen LogP contribution < -0.4 is 14.8 Å². The molecule has 0 spiro atoms. The van der Waals surface area contributed by atoms with Gasteiger partial charge in [0.1, 0.15) is 6.61 Å². The van der Waals surface area contributed by atoms with E-state index in [1.165, 1.54) is 7.11 Å².